The van der Waals surface area contributed by atoms with E-state index < -0.39 is 20.2 Å². The van der Waals surface area contributed by atoms with Crippen LogP contribution in [-0.2, 0) is 33.1 Å². The Kier molecular flexibility index (Phi) is 33.7. The smallest absolute Gasteiger partial charge is 0.744 e. The van der Waals surface area contributed by atoms with E-state index >= 15 is 0 Å². The molecule has 0 spiro atoms. The van der Waals surface area contributed by atoms with Crippen molar-refractivity contribution in [1.29, 1.82) is 0 Å². The molecule has 0 aromatic heterocycles. The third kappa shape index (κ3) is 29.0. The predicted octanol–water partition coefficient (Wildman–Crippen LogP) is 12.8. The van der Waals surface area contributed by atoms with Gasteiger partial charge in [0.15, 0.2) is 0 Å². The van der Waals surface area contributed by atoms with Crippen LogP contribution in [0, 0.1) is 0 Å². The van der Waals surface area contributed by atoms with Gasteiger partial charge in [-0.25, -0.2) is 16.8 Å². The molecule has 0 unspecified atom stereocenters. The summed E-state index contributed by atoms with van der Waals surface area (Å²) in [7, 11) is -8.71. The maximum atomic E-state index is 11.2. The maximum absolute atomic E-state index is 11.2. The molecule has 53 heavy (non-hydrogen) atoms. The molecular weight excluding hydrogens is 713 g/mol. The molecule has 0 saturated carbocycles. The van der Waals surface area contributed by atoms with Crippen molar-refractivity contribution in [1.82, 2.24) is 0 Å². The van der Waals surface area contributed by atoms with E-state index in [9.17, 15) is 25.9 Å². The number of rotatable bonds is 32. The molecule has 2 aromatic carbocycles. The fraction of sp³-hybridized carbons (Fsp3) is 0.727. The normalized spacial score (nSPS) is 11.5. The van der Waals surface area contributed by atoms with Crippen molar-refractivity contribution in [3.05, 3.63) is 59.7 Å². The molecule has 0 heterocycles. The molecule has 6 nitrogen and oxygen atoms in total. The van der Waals surface area contributed by atoms with Gasteiger partial charge in [-0.05, 0) is 48.9 Å². The van der Waals surface area contributed by atoms with Gasteiger partial charge in [0.2, 0.25) is 0 Å². The minimum absolute atomic E-state index is 0. The van der Waals surface area contributed by atoms with Crippen LogP contribution in [0.3, 0.4) is 0 Å². The van der Waals surface area contributed by atoms with Crippen molar-refractivity contribution in [2.75, 3.05) is 0 Å². The zero-order valence-corrected chi connectivity index (χ0v) is 36.9. The number of hydrogen-bond acceptors (Lipinski definition) is 6. The molecule has 0 aliphatic carbocycles. The minimum Gasteiger partial charge on any atom is -0.744 e. The number of unbranched alkanes of at least 4 members (excludes halogenated alkanes) is 26. The molecule has 0 aliphatic rings. The second-order valence-electron chi connectivity index (χ2n) is 14.8. The average Bonchev–Trinajstić information content (AvgIpc) is 3.11. The van der Waals surface area contributed by atoms with E-state index in [2.05, 4.69) is 13.8 Å². The average molecular weight is 788 g/mol. The molecule has 2 aromatic rings. The molecule has 0 N–H and O–H groups in total. The van der Waals surface area contributed by atoms with Gasteiger partial charge in [0.05, 0.1) is 9.79 Å². The molecule has 0 radical (unpaired) electrons. The number of aryl methyl sites for hydroxylation is 2. The summed E-state index contributed by atoms with van der Waals surface area (Å²) in [5, 5.41) is 0. The molecule has 0 fully saturated rings. The summed E-state index contributed by atoms with van der Waals surface area (Å²) in [6.07, 6.45) is 37.8. The van der Waals surface area contributed by atoms with Crippen molar-refractivity contribution in [2.24, 2.45) is 0 Å². The summed E-state index contributed by atoms with van der Waals surface area (Å²) in [6, 6.07) is 13.2. The van der Waals surface area contributed by atoms with Crippen LogP contribution in [0.25, 0.3) is 0 Å². The van der Waals surface area contributed by atoms with Gasteiger partial charge in [-0.3, -0.25) is 0 Å². The monoisotopic (exact) mass is 786 g/mol. The maximum Gasteiger partial charge on any atom is 2.00 e. The van der Waals surface area contributed by atoms with E-state index in [0.717, 1.165) is 25.7 Å². The van der Waals surface area contributed by atoms with Crippen LogP contribution in [0.2, 0.25) is 0 Å². The molecule has 300 valence electrons. The Balaban J connectivity index is 0.00000100. The van der Waals surface area contributed by atoms with Gasteiger partial charge in [0, 0.05) is 0 Å². The Hall–Kier alpha value is -0.974. The summed E-state index contributed by atoms with van der Waals surface area (Å²) in [6.45, 7) is 4.52. The minimum atomic E-state index is -4.35. The first-order valence-corrected chi connectivity index (χ1v) is 24.0. The van der Waals surface area contributed by atoms with E-state index in [-0.39, 0.29) is 32.8 Å². The first-order valence-electron chi connectivity index (χ1n) is 21.2. The van der Waals surface area contributed by atoms with Gasteiger partial charge < -0.3 is 9.11 Å². The van der Waals surface area contributed by atoms with Gasteiger partial charge in [0.1, 0.15) is 20.2 Å². The third-order valence-corrected chi connectivity index (χ3v) is 12.0. The second kappa shape index (κ2) is 34.3. The first kappa shape index (κ1) is 52.0. The van der Waals surface area contributed by atoms with E-state index in [4.69, 9.17) is 0 Å². The predicted molar refractivity (Wildman–Crippen MR) is 223 cm³/mol. The standard InChI is InChI=1S/2C22H38O3S.Mg/c2*1-2-3-4-5-6-7-8-9-10-11-12-13-14-15-18-21-19-16-17-20-22(21)26(23,24)25;/h2*16-17,19-20H,2-15,18H2,1H3,(H,23,24,25);/q;;+2/p-2. The first-order chi connectivity index (χ1) is 25.1. The summed E-state index contributed by atoms with van der Waals surface area (Å²) in [4.78, 5) is -0.0932. The molecule has 0 aliphatic heterocycles. The Morgan fingerprint density at radius 3 is 0.792 bits per heavy atom. The Morgan fingerprint density at radius 2 is 0.566 bits per heavy atom. The largest absolute Gasteiger partial charge is 2.00 e. The van der Waals surface area contributed by atoms with E-state index in [1.165, 1.54) is 166 Å². The summed E-state index contributed by atoms with van der Waals surface area (Å²) < 4.78 is 67.5. The molecule has 9 heteroatoms. The Bertz CT molecular complexity index is 1240. The van der Waals surface area contributed by atoms with Gasteiger partial charge in [-0.2, -0.15) is 0 Å². The summed E-state index contributed by atoms with van der Waals surface area (Å²) >= 11 is 0. The van der Waals surface area contributed by atoms with Gasteiger partial charge in [0.25, 0.3) is 0 Å². The van der Waals surface area contributed by atoms with E-state index in [1.807, 2.05) is 0 Å². The van der Waals surface area contributed by atoms with Crippen molar-refractivity contribution < 1.29 is 25.9 Å². The fourth-order valence-corrected chi connectivity index (χ4v) is 8.40. The summed E-state index contributed by atoms with van der Waals surface area (Å²) in [5.74, 6) is 0. The second-order valence-corrected chi connectivity index (χ2v) is 17.5. The molecule has 2 rings (SSSR count). The van der Waals surface area contributed by atoms with E-state index in [1.54, 1.807) is 36.4 Å². The van der Waals surface area contributed by atoms with Crippen molar-refractivity contribution in [3.63, 3.8) is 0 Å². The SMILES string of the molecule is CCCCCCCCCCCCCCCCc1ccccc1S(=O)(=O)[O-].CCCCCCCCCCCCCCCCc1ccccc1S(=O)(=O)[O-].[Mg+2]. The van der Waals surface area contributed by atoms with Crippen LogP contribution >= 0.6 is 0 Å². The van der Waals surface area contributed by atoms with E-state index in [0.29, 0.717) is 24.0 Å². The Morgan fingerprint density at radius 1 is 0.358 bits per heavy atom. The Labute approximate surface area is 343 Å². The number of benzene rings is 2. The third-order valence-electron chi connectivity index (χ3n) is 10.1. The summed E-state index contributed by atoms with van der Waals surface area (Å²) in [5.41, 5.74) is 1.34. The van der Waals surface area contributed by atoms with Gasteiger partial charge in [-0.15, -0.1) is 0 Å². The van der Waals surface area contributed by atoms with Crippen LogP contribution in [0.1, 0.15) is 205 Å². The molecule has 0 saturated heterocycles. The number of hydrogen-bond donors (Lipinski definition) is 0. The molecule has 0 amide bonds. The van der Waals surface area contributed by atoms with Crippen LogP contribution in [0.15, 0.2) is 58.3 Å². The van der Waals surface area contributed by atoms with Crippen molar-refractivity contribution >= 4 is 43.3 Å². The quantitative estimate of drug-likeness (QED) is 0.0414. The fourth-order valence-electron chi connectivity index (χ4n) is 6.93. The van der Waals surface area contributed by atoms with Crippen LogP contribution in [-0.4, -0.2) is 49.0 Å². The van der Waals surface area contributed by atoms with Gasteiger partial charge in [-0.1, -0.05) is 217 Å². The zero-order chi connectivity index (χ0) is 38.2. The van der Waals surface area contributed by atoms with Crippen LogP contribution < -0.4 is 0 Å². The topological polar surface area (TPSA) is 114 Å². The zero-order valence-electron chi connectivity index (χ0n) is 33.8. The van der Waals surface area contributed by atoms with Crippen LogP contribution in [0.4, 0.5) is 0 Å². The molecule has 0 atom stereocenters. The molecule has 0 bridgehead atoms. The van der Waals surface area contributed by atoms with Gasteiger partial charge >= 0.3 is 23.1 Å². The van der Waals surface area contributed by atoms with Crippen LogP contribution in [0.5, 0.6) is 0 Å². The van der Waals surface area contributed by atoms with Crippen molar-refractivity contribution in [3.8, 4) is 0 Å². The van der Waals surface area contributed by atoms with Crippen molar-refractivity contribution in [2.45, 2.75) is 216 Å². The molecular formula is C44H74MgO6S2.